The number of rotatable bonds is 2. The second-order valence-electron chi connectivity index (χ2n) is 2.46. The Balaban J connectivity index is 0.00000196. The van der Waals surface area contributed by atoms with Crippen LogP contribution in [0.25, 0.3) is 0 Å². The van der Waals surface area contributed by atoms with Gasteiger partial charge < -0.3 is 10.5 Å². The third-order valence-corrected chi connectivity index (χ3v) is 1.50. The van der Waals surface area contributed by atoms with Crippen LogP contribution in [0.3, 0.4) is 0 Å². The molecular weight excluding hydrogens is 174 g/mol. The van der Waals surface area contributed by atoms with Gasteiger partial charge in [0.15, 0.2) is 0 Å². The fourth-order valence-corrected chi connectivity index (χ4v) is 0.861. The first-order valence-electron chi connectivity index (χ1n) is 4.93. The summed E-state index contributed by atoms with van der Waals surface area (Å²) in [5.41, 5.74) is 6.50. The van der Waals surface area contributed by atoms with E-state index in [1.165, 1.54) is 0 Å². The van der Waals surface area contributed by atoms with E-state index < -0.39 is 7.04 Å². The topological polar surface area (TPSA) is 35.2 Å². The predicted octanol–water partition coefficient (Wildman–Crippen LogP) is 2.14. The molecule has 0 saturated heterocycles. The van der Waals surface area contributed by atoms with E-state index in [-0.39, 0.29) is 18.4 Å². The normalized spacial score (nSPS) is 16.3. The van der Waals surface area contributed by atoms with E-state index in [0.29, 0.717) is 5.75 Å². The summed E-state index contributed by atoms with van der Waals surface area (Å²) < 4.78 is 25.5. The largest absolute Gasteiger partial charge is 0.497 e. The molecule has 0 aliphatic rings. The number of nitrogens with two attached hydrogens (primary N) is 1. The van der Waals surface area contributed by atoms with Gasteiger partial charge in [0.1, 0.15) is 5.75 Å². The zero-order chi connectivity index (χ0) is 10.8. The van der Waals surface area contributed by atoms with Crippen molar-refractivity contribution < 1.29 is 8.85 Å². The summed E-state index contributed by atoms with van der Waals surface area (Å²) in [6.45, 7) is 1.83. The molecule has 0 fully saturated rings. The lowest BCUT2D eigenvalue weighted by atomic mass is 10.1. The van der Waals surface area contributed by atoms with Crippen LogP contribution >= 0.6 is 12.4 Å². The van der Waals surface area contributed by atoms with Crippen LogP contribution in [0, 0.1) is 0 Å². The van der Waals surface area contributed by atoms with Gasteiger partial charge in [-0.1, -0.05) is 12.1 Å². The summed E-state index contributed by atoms with van der Waals surface area (Å²) in [7, 11) is -2.41. The number of ether oxygens (including phenoxy) is 1. The highest BCUT2D eigenvalue weighted by molar-refractivity contribution is 5.85. The van der Waals surface area contributed by atoms with Crippen LogP contribution in [0.15, 0.2) is 24.3 Å². The Morgan fingerprint density at radius 3 is 2.92 bits per heavy atom. The van der Waals surface area contributed by atoms with E-state index in [2.05, 4.69) is 0 Å². The predicted molar refractivity (Wildman–Crippen MR) is 52.8 cm³/mol. The molecule has 0 radical (unpaired) electrons. The summed E-state index contributed by atoms with van der Waals surface area (Å²) in [4.78, 5) is 0. The van der Waals surface area contributed by atoms with Gasteiger partial charge in [0.2, 0.25) is 0 Å². The lowest BCUT2D eigenvalue weighted by molar-refractivity contribution is 0.414. The average molecular weight is 191 g/mol. The van der Waals surface area contributed by atoms with Crippen LogP contribution in [0.4, 0.5) is 0 Å². The van der Waals surface area contributed by atoms with E-state index in [0.717, 1.165) is 5.56 Å². The van der Waals surface area contributed by atoms with Crippen LogP contribution in [0.2, 0.25) is 0 Å². The first-order valence-corrected chi connectivity index (χ1v) is 3.43. The van der Waals surface area contributed by atoms with Gasteiger partial charge in [-0.15, -0.1) is 12.4 Å². The highest BCUT2D eigenvalue weighted by atomic mass is 35.5. The van der Waals surface area contributed by atoms with Crippen molar-refractivity contribution >= 4 is 12.4 Å². The molecule has 1 aromatic rings. The molecule has 2 N–H and O–H groups in total. The van der Waals surface area contributed by atoms with Crippen LogP contribution < -0.4 is 10.5 Å². The Morgan fingerprint density at radius 1 is 1.58 bits per heavy atom. The highest BCUT2D eigenvalue weighted by Crippen LogP contribution is 2.16. The van der Waals surface area contributed by atoms with Crippen molar-refractivity contribution in [2.75, 3.05) is 7.04 Å². The SMILES string of the molecule is Cl.[2H]C([2H])([2H])Oc1cccc([C@@H](C)N)c1. The molecule has 0 heterocycles. The molecule has 1 atom stereocenters. The number of methoxy groups -OCH3 is 1. The standard InChI is InChI=1S/C9H13NO.ClH/c1-7(10)8-4-3-5-9(6-8)11-2;/h3-7H,10H2,1-2H3;1H/t7-;/m1./s1/i2D3;. The Morgan fingerprint density at radius 2 is 2.33 bits per heavy atom. The average Bonchev–Trinajstić information content (AvgIpc) is 2.01. The minimum atomic E-state index is -2.41. The van der Waals surface area contributed by atoms with E-state index in [1.54, 1.807) is 18.2 Å². The molecule has 0 aromatic heterocycles. The van der Waals surface area contributed by atoms with E-state index in [9.17, 15) is 0 Å². The number of hydrogen-bond acceptors (Lipinski definition) is 2. The van der Waals surface area contributed by atoms with Crippen molar-refractivity contribution in [3.8, 4) is 5.75 Å². The Labute approximate surface area is 83.3 Å². The quantitative estimate of drug-likeness (QED) is 0.776. The second-order valence-corrected chi connectivity index (χ2v) is 2.46. The minimum Gasteiger partial charge on any atom is -0.497 e. The molecule has 12 heavy (non-hydrogen) atoms. The van der Waals surface area contributed by atoms with Gasteiger partial charge in [0.05, 0.1) is 11.2 Å². The van der Waals surface area contributed by atoms with Gasteiger partial charge in [-0.3, -0.25) is 0 Å². The van der Waals surface area contributed by atoms with E-state index >= 15 is 0 Å². The molecule has 0 amide bonds. The van der Waals surface area contributed by atoms with Gasteiger partial charge in [-0.05, 0) is 24.6 Å². The molecule has 0 aliphatic carbocycles. The first kappa shape index (κ1) is 6.75. The second kappa shape index (κ2) is 5.01. The van der Waals surface area contributed by atoms with Crippen LogP contribution in [0.5, 0.6) is 5.75 Å². The molecule has 0 aliphatic heterocycles. The molecule has 1 rings (SSSR count). The first-order chi connectivity index (χ1) is 6.38. The fourth-order valence-electron chi connectivity index (χ4n) is 0.861. The van der Waals surface area contributed by atoms with Gasteiger partial charge >= 0.3 is 0 Å². The fraction of sp³-hybridized carbons (Fsp3) is 0.333. The van der Waals surface area contributed by atoms with Crippen LogP contribution in [-0.4, -0.2) is 7.04 Å². The maximum atomic E-state index is 6.93. The Bertz CT molecular complexity index is 314. The summed E-state index contributed by atoms with van der Waals surface area (Å²) >= 11 is 0. The van der Waals surface area contributed by atoms with Crippen LogP contribution in [-0.2, 0) is 0 Å². The number of halogens is 1. The molecule has 2 nitrogen and oxygen atoms in total. The summed E-state index contributed by atoms with van der Waals surface area (Å²) in [5, 5.41) is 0. The zero-order valence-electron chi connectivity index (χ0n) is 9.78. The summed E-state index contributed by atoms with van der Waals surface area (Å²) in [6.07, 6.45) is 0. The van der Waals surface area contributed by atoms with Gasteiger partial charge in [-0.2, -0.15) is 0 Å². The Kier molecular flexibility index (Phi) is 2.82. The van der Waals surface area contributed by atoms with Crippen molar-refractivity contribution in [2.24, 2.45) is 5.73 Å². The van der Waals surface area contributed by atoms with Gasteiger partial charge in [-0.25, -0.2) is 0 Å². The van der Waals surface area contributed by atoms with Crippen molar-refractivity contribution in [1.82, 2.24) is 0 Å². The van der Waals surface area contributed by atoms with Crippen LogP contribution in [0.1, 0.15) is 22.6 Å². The van der Waals surface area contributed by atoms with Gasteiger partial charge in [0, 0.05) is 6.04 Å². The lowest BCUT2D eigenvalue weighted by Crippen LogP contribution is -2.04. The summed E-state index contributed by atoms with van der Waals surface area (Å²) in [5.74, 6) is 0.319. The third kappa shape index (κ3) is 2.72. The lowest BCUT2D eigenvalue weighted by Gasteiger charge is -2.06. The minimum absolute atomic E-state index is 0. The molecule has 1 aromatic carbocycles. The molecule has 0 spiro atoms. The molecule has 0 bridgehead atoms. The molecule has 68 valence electrons. The van der Waals surface area contributed by atoms with E-state index in [1.807, 2.05) is 13.0 Å². The van der Waals surface area contributed by atoms with Crippen molar-refractivity contribution in [2.45, 2.75) is 13.0 Å². The smallest absolute Gasteiger partial charge is 0.119 e. The Hall–Kier alpha value is -0.730. The monoisotopic (exact) mass is 190 g/mol. The maximum Gasteiger partial charge on any atom is 0.119 e. The molecular formula is C9H14ClNO. The molecule has 3 heteroatoms. The summed E-state index contributed by atoms with van der Waals surface area (Å²) in [6, 6.07) is 6.65. The zero-order valence-corrected chi connectivity index (χ0v) is 7.60. The number of hydrogen-bond donors (Lipinski definition) is 1. The number of benzene rings is 1. The van der Waals surface area contributed by atoms with Crippen molar-refractivity contribution in [3.05, 3.63) is 29.8 Å². The van der Waals surface area contributed by atoms with Crippen molar-refractivity contribution in [1.29, 1.82) is 0 Å². The van der Waals surface area contributed by atoms with E-state index in [4.69, 9.17) is 14.6 Å². The molecule has 0 unspecified atom stereocenters. The van der Waals surface area contributed by atoms with Gasteiger partial charge in [0.25, 0.3) is 0 Å². The third-order valence-electron chi connectivity index (χ3n) is 1.50. The molecule has 0 saturated carbocycles. The highest BCUT2D eigenvalue weighted by Gasteiger charge is 1.98. The maximum absolute atomic E-state index is 6.93. The van der Waals surface area contributed by atoms with Crippen molar-refractivity contribution in [3.63, 3.8) is 0 Å².